The number of para-hydroxylation sites is 1. The quantitative estimate of drug-likeness (QED) is 0.790. The van der Waals surface area contributed by atoms with E-state index in [0.29, 0.717) is 12.1 Å². The maximum atomic E-state index is 9.42. The van der Waals surface area contributed by atoms with Crippen molar-refractivity contribution in [3.8, 4) is 6.07 Å². The van der Waals surface area contributed by atoms with Gasteiger partial charge in [0.15, 0.2) is 0 Å². The number of hydrogen-bond donors (Lipinski definition) is 0. The Hall–Kier alpha value is -2.34. The van der Waals surface area contributed by atoms with Crippen LogP contribution in [-0.2, 0) is 0 Å². The summed E-state index contributed by atoms with van der Waals surface area (Å²) in [4.78, 5) is 6.79. The molecule has 0 fully saturated rings. The fourth-order valence-electron chi connectivity index (χ4n) is 2.20. The van der Waals surface area contributed by atoms with Crippen LogP contribution in [0.5, 0.6) is 0 Å². The van der Waals surface area contributed by atoms with Crippen molar-refractivity contribution in [2.24, 2.45) is 0 Å². The molecule has 0 radical (unpaired) electrons. The highest BCUT2D eigenvalue weighted by molar-refractivity contribution is 5.83. The van der Waals surface area contributed by atoms with Crippen molar-refractivity contribution in [2.75, 3.05) is 11.4 Å². The zero-order chi connectivity index (χ0) is 14.8. The second-order valence-corrected chi connectivity index (χ2v) is 5.73. The van der Waals surface area contributed by atoms with Gasteiger partial charge in [0.05, 0.1) is 11.1 Å². The molecule has 0 spiro atoms. The van der Waals surface area contributed by atoms with E-state index < -0.39 is 0 Å². The number of aromatic nitrogens is 1. The molecule has 0 aliphatic heterocycles. The van der Waals surface area contributed by atoms with Gasteiger partial charge in [0.25, 0.3) is 0 Å². The van der Waals surface area contributed by atoms with Gasteiger partial charge < -0.3 is 4.90 Å². The average Bonchev–Trinajstić information content (AvgIpc) is 2.42. The molecule has 0 bridgehead atoms. The van der Waals surface area contributed by atoms with Crippen molar-refractivity contribution < 1.29 is 0 Å². The molecule has 0 N–H and O–H groups in total. The first-order valence-electron chi connectivity index (χ1n) is 6.66. The molecule has 1 aromatic heterocycles. The first kappa shape index (κ1) is 14.1. The highest BCUT2D eigenvalue weighted by atomic mass is 15.2. The van der Waals surface area contributed by atoms with Crippen LogP contribution in [0.1, 0.15) is 26.3 Å². The van der Waals surface area contributed by atoms with Gasteiger partial charge in [0, 0.05) is 17.5 Å². The Balaban J connectivity index is 2.67. The summed E-state index contributed by atoms with van der Waals surface area (Å²) in [5, 5.41) is 10.4. The lowest BCUT2D eigenvalue weighted by atomic mass is 10.0. The van der Waals surface area contributed by atoms with E-state index in [4.69, 9.17) is 0 Å². The van der Waals surface area contributed by atoms with E-state index in [1.807, 2.05) is 36.4 Å². The van der Waals surface area contributed by atoms with E-state index in [-0.39, 0.29) is 5.54 Å². The first-order valence-corrected chi connectivity index (χ1v) is 6.66. The summed E-state index contributed by atoms with van der Waals surface area (Å²) in [6.45, 7) is 10.8. The standard InChI is InChI=1S/C17H19N3/c1-5-10-20(17(2,3)4)16-14(12-18)11-13-8-6-7-9-15(13)19-16/h5-9,11H,1,10H2,2-4H3. The molecule has 102 valence electrons. The smallest absolute Gasteiger partial charge is 0.147 e. The van der Waals surface area contributed by atoms with Crippen LogP contribution in [0.15, 0.2) is 43.0 Å². The summed E-state index contributed by atoms with van der Waals surface area (Å²) in [7, 11) is 0. The molecule has 0 aliphatic carbocycles. The zero-order valence-corrected chi connectivity index (χ0v) is 12.2. The molecule has 0 atom stereocenters. The van der Waals surface area contributed by atoms with E-state index in [1.165, 1.54) is 0 Å². The Kier molecular flexibility index (Phi) is 3.76. The molecule has 3 nitrogen and oxygen atoms in total. The van der Waals surface area contributed by atoms with Gasteiger partial charge in [-0.3, -0.25) is 0 Å². The number of rotatable bonds is 3. The third-order valence-corrected chi connectivity index (χ3v) is 3.20. The SMILES string of the molecule is C=CCN(c1nc2ccccc2cc1C#N)C(C)(C)C. The molecular formula is C17H19N3. The number of anilines is 1. The van der Waals surface area contributed by atoms with Gasteiger partial charge >= 0.3 is 0 Å². The van der Waals surface area contributed by atoms with Crippen LogP contribution in [0.4, 0.5) is 5.82 Å². The number of nitrogens with zero attached hydrogens (tertiary/aromatic N) is 3. The highest BCUT2D eigenvalue weighted by Crippen LogP contribution is 2.28. The molecule has 2 rings (SSSR count). The second kappa shape index (κ2) is 5.34. The summed E-state index contributed by atoms with van der Waals surface area (Å²) in [6.07, 6.45) is 1.84. The Morgan fingerprint density at radius 2 is 2.05 bits per heavy atom. The van der Waals surface area contributed by atoms with E-state index in [9.17, 15) is 5.26 Å². The third-order valence-electron chi connectivity index (χ3n) is 3.20. The third kappa shape index (κ3) is 2.65. The lowest BCUT2D eigenvalue weighted by molar-refractivity contribution is 0.517. The topological polar surface area (TPSA) is 39.9 Å². The van der Waals surface area contributed by atoms with Crippen molar-refractivity contribution in [1.82, 2.24) is 4.98 Å². The molecule has 3 heteroatoms. The number of fused-ring (bicyclic) bond motifs is 1. The summed E-state index contributed by atoms with van der Waals surface area (Å²) in [5.74, 6) is 0.721. The van der Waals surface area contributed by atoms with Gasteiger partial charge in [-0.25, -0.2) is 4.98 Å². The minimum atomic E-state index is -0.130. The Bertz CT molecular complexity index is 675. The van der Waals surface area contributed by atoms with Crippen LogP contribution in [0.25, 0.3) is 10.9 Å². The zero-order valence-electron chi connectivity index (χ0n) is 12.2. The van der Waals surface area contributed by atoms with Crippen LogP contribution in [0, 0.1) is 11.3 Å². The predicted octanol–water partition coefficient (Wildman–Crippen LogP) is 3.90. The number of benzene rings is 1. The highest BCUT2D eigenvalue weighted by Gasteiger charge is 2.24. The lowest BCUT2D eigenvalue weighted by Crippen LogP contribution is -2.42. The molecule has 1 heterocycles. The van der Waals surface area contributed by atoms with Crippen molar-refractivity contribution in [3.05, 3.63) is 48.6 Å². The van der Waals surface area contributed by atoms with Gasteiger partial charge in [0.1, 0.15) is 11.9 Å². The van der Waals surface area contributed by atoms with Crippen molar-refractivity contribution in [1.29, 1.82) is 5.26 Å². The van der Waals surface area contributed by atoms with Crippen molar-refractivity contribution in [2.45, 2.75) is 26.3 Å². The maximum absolute atomic E-state index is 9.42. The van der Waals surface area contributed by atoms with E-state index in [1.54, 1.807) is 0 Å². The Labute approximate surface area is 120 Å². The molecule has 0 aliphatic rings. The van der Waals surface area contributed by atoms with Gasteiger partial charge in [0.2, 0.25) is 0 Å². The molecule has 0 unspecified atom stereocenters. The van der Waals surface area contributed by atoms with Crippen molar-refractivity contribution >= 4 is 16.7 Å². The Morgan fingerprint density at radius 1 is 1.35 bits per heavy atom. The number of pyridine rings is 1. The molecule has 2 aromatic rings. The summed E-state index contributed by atoms with van der Waals surface area (Å²) >= 11 is 0. The molecule has 1 aromatic carbocycles. The van der Waals surface area contributed by atoms with Crippen LogP contribution in [-0.4, -0.2) is 17.1 Å². The van der Waals surface area contributed by atoms with E-state index in [2.05, 4.69) is 43.3 Å². The summed E-state index contributed by atoms with van der Waals surface area (Å²) in [5.41, 5.74) is 1.37. The van der Waals surface area contributed by atoms with Crippen LogP contribution >= 0.6 is 0 Å². The second-order valence-electron chi connectivity index (χ2n) is 5.73. The number of nitriles is 1. The monoisotopic (exact) mass is 265 g/mol. The van der Waals surface area contributed by atoms with Gasteiger partial charge in [-0.1, -0.05) is 24.3 Å². The van der Waals surface area contributed by atoms with Crippen LogP contribution in [0.3, 0.4) is 0 Å². The van der Waals surface area contributed by atoms with E-state index in [0.717, 1.165) is 16.7 Å². The van der Waals surface area contributed by atoms with Crippen molar-refractivity contribution in [3.63, 3.8) is 0 Å². The predicted molar refractivity (Wildman–Crippen MR) is 83.8 cm³/mol. The van der Waals surface area contributed by atoms with Gasteiger partial charge in [-0.2, -0.15) is 5.26 Å². The first-order chi connectivity index (χ1) is 9.47. The number of hydrogen-bond acceptors (Lipinski definition) is 3. The van der Waals surface area contributed by atoms with Crippen LogP contribution < -0.4 is 4.90 Å². The largest absolute Gasteiger partial charge is 0.347 e. The molecular weight excluding hydrogens is 246 g/mol. The molecule has 0 saturated carbocycles. The van der Waals surface area contributed by atoms with E-state index >= 15 is 0 Å². The normalized spacial score (nSPS) is 11.1. The lowest BCUT2D eigenvalue weighted by Gasteiger charge is -2.36. The van der Waals surface area contributed by atoms with Crippen LogP contribution in [0.2, 0.25) is 0 Å². The molecule has 0 amide bonds. The Morgan fingerprint density at radius 3 is 2.65 bits per heavy atom. The van der Waals surface area contributed by atoms with Gasteiger partial charge in [-0.15, -0.1) is 6.58 Å². The average molecular weight is 265 g/mol. The molecule has 20 heavy (non-hydrogen) atoms. The minimum Gasteiger partial charge on any atom is -0.347 e. The maximum Gasteiger partial charge on any atom is 0.147 e. The molecule has 0 saturated heterocycles. The minimum absolute atomic E-state index is 0.130. The summed E-state index contributed by atoms with van der Waals surface area (Å²) in [6, 6.07) is 12.0. The van der Waals surface area contributed by atoms with Gasteiger partial charge in [-0.05, 0) is 32.9 Å². The fraction of sp³-hybridized carbons (Fsp3) is 0.294. The fourth-order valence-corrected chi connectivity index (χ4v) is 2.20. The summed E-state index contributed by atoms with van der Waals surface area (Å²) < 4.78 is 0.